The zero-order valence-electron chi connectivity index (χ0n) is 12.1. The Morgan fingerprint density at radius 2 is 2.00 bits per heavy atom. The number of hydrogen-bond acceptors (Lipinski definition) is 2. The third-order valence-corrected chi connectivity index (χ3v) is 5.08. The lowest BCUT2D eigenvalue weighted by Crippen LogP contribution is -2.23. The van der Waals surface area contributed by atoms with Crippen molar-refractivity contribution in [2.75, 3.05) is 18.8 Å². The number of thioether (sulfide) groups is 1. The Hall–Kier alpha value is -0.470. The molecule has 1 N–H and O–H groups in total. The van der Waals surface area contributed by atoms with Crippen LogP contribution in [-0.4, -0.2) is 18.8 Å². The highest BCUT2D eigenvalue weighted by atomic mass is 32.2. The standard InChI is InChI=1S/C17H27NS/c1-15-6-5-7-16(14-15)10-11-18-12-13-19-17-8-3-2-4-9-17/h2-4,8-9,15-16,18H,5-7,10-14H2,1H3. The first-order chi connectivity index (χ1) is 9.34. The van der Waals surface area contributed by atoms with Crippen LogP contribution in [0.1, 0.15) is 39.0 Å². The maximum Gasteiger partial charge on any atom is 0.0106 e. The molecule has 2 rings (SSSR count). The SMILES string of the molecule is CC1CCCC(CCNCCSc2ccccc2)C1. The molecule has 0 bridgehead atoms. The molecule has 1 fully saturated rings. The fourth-order valence-electron chi connectivity index (χ4n) is 3.01. The van der Waals surface area contributed by atoms with Gasteiger partial charge in [0.25, 0.3) is 0 Å². The van der Waals surface area contributed by atoms with Crippen LogP contribution in [0, 0.1) is 11.8 Å². The third kappa shape index (κ3) is 6.01. The van der Waals surface area contributed by atoms with Gasteiger partial charge >= 0.3 is 0 Å². The molecule has 0 heterocycles. The molecule has 2 atom stereocenters. The van der Waals surface area contributed by atoms with E-state index < -0.39 is 0 Å². The van der Waals surface area contributed by atoms with Crippen LogP contribution in [0.5, 0.6) is 0 Å². The Morgan fingerprint density at radius 3 is 2.79 bits per heavy atom. The van der Waals surface area contributed by atoms with Crippen molar-refractivity contribution in [3.05, 3.63) is 30.3 Å². The Labute approximate surface area is 122 Å². The van der Waals surface area contributed by atoms with E-state index in [9.17, 15) is 0 Å². The largest absolute Gasteiger partial charge is 0.316 e. The molecule has 2 heteroatoms. The maximum absolute atomic E-state index is 3.60. The molecular formula is C17H27NS. The molecule has 106 valence electrons. The molecule has 0 amide bonds. The molecule has 0 aromatic heterocycles. The summed E-state index contributed by atoms with van der Waals surface area (Å²) in [5.74, 6) is 3.12. The third-order valence-electron chi connectivity index (χ3n) is 4.07. The van der Waals surface area contributed by atoms with Crippen molar-refractivity contribution in [1.29, 1.82) is 0 Å². The summed E-state index contributed by atoms with van der Waals surface area (Å²) in [7, 11) is 0. The van der Waals surface area contributed by atoms with E-state index in [1.807, 2.05) is 11.8 Å². The van der Waals surface area contributed by atoms with Crippen molar-refractivity contribution in [2.45, 2.75) is 43.9 Å². The molecular weight excluding hydrogens is 250 g/mol. The van der Waals surface area contributed by atoms with E-state index >= 15 is 0 Å². The Balaban J connectivity index is 1.48. The van der Waals surface area contributed by atoms with Gasteiger partial charge < -0.3 is 5.32 Å². The van der Waals surface area contributed by atoms with Crippen LogP contribution in [0.2, 0.25) is 0 Å². The van der Waals surface area contributed by atoms with Crippen molar-refractivity contribution in [1.82, 2.24) is 5.32 Å². The molecule has 0 saturated heterocycles. The van der Waals surface area contributed by atoms with Crippen LogP contribution in [-0.2, 0) is 0 Å². The van der Waals surface area contributed by atoms with Crippen molar-refractivity contribution in [3.8, 4) is 0 Å². The lowest BCUT2D eigenvalue weighted by molar-refractivity contribution is 0.268. The smallest absolute Gasteiger partial charge is 0.0106 e. The van der Waals surface area contributed by atoms with E-state index in [-0.39, 0.29) is 0 Å². The average molecular weight is 277 g/mol. The van der Waals surface area contributed by atoms with Crippen LogP contribution >= 0.6 is 11.8 Å². The van der Waals surface area contributed by atoms with E-state index in [2.05, 4.69) is 42.6 Å². The summed E-state index contributed by atoms with van der Waals surface area (Å²) in [4.78, 5) is 1.38. The molecule has 1 nitrogen and oxygen atoms in total. The van der Waals surface area contributed by atoms with Gasteiger partial charge in [0.15, 0.2) is 0 Å². The summed E-state index contributed by atoms with van der Waals surface area (Å²) >= 11 is 1.94. The minimum atomic E-state index is 0.965. The maximum atomic E-state index is 3.60. The topological polar surface area (TPSA) is 12.0 Å². The van der Waals surface area contributed by atoms with Crippen molar-refractivity contribution >= 4 is 11.8 Å². The minimum absolute atomic E-state index is 0.965. The fraction of sp³-hybridized carbons (Fsp3) is 0.647. The normalized spacial score (nSPS) is 23.4. The first-order valence-corrected chi connectivity index (χ1v) is 8.71. The van der Waals surface area contributed by atoms with Crippen molar-refractivity contribution < 1.29 is 0 Å². The first kappa shape index (κ1) is 14.9. The van der Waals surface area contributed by atoms with Crippen LogP contribution in [0.3, 0.4) is 0 Å². The summed E-state index contributed by atoms with van der Waals surface area (Å²) in [5.41, 5.74) is 0. The highest BCUT2D eigenvalue weighted by molar-refractivity contribution is 7.99. The second-order valence-electron chi connectivity index (χ2n) is 5.84. The zero-order chi connectivity index (χ0) is 13.3. The number of nitrogens with one attached hydrogen (secondary N) is 1. The second-order valence-corrected chi connectivity index (χ2v) is 7.01. The zero-order valence-corrected chi connectivity index (χ0v) is 12.9. The van der Waals surface area contributed by atoms with Gasteiger partial charge in [0.2, 0.25) is 0 Å². The Morgan fingerprint density at radius 1 is 1.16 bits per heavy atom. The monoisotopic (exact) mass is 277 g/mol. The van der Waals surface area contributed by atoms with E-state index in [1.165, 1.54) is 49.3 Å². The highest BCUT2D eigenvalue weighted by Crippen LogP contribution is 2.30. The van der Waals surface area contributed by atoms with Gasteiger partial charge in [-0.15, -0.1) is 11.8 Å². The van der Waals surface area contributed by atoms with Gasteiger partial charge in [-0.2, -0.15) is 0 Å². The number of hydrogen-bond donors (Lipinski definition) is 1. The molecule has 1 aliphatic rings. The molecule has 1 aromatic rings. The molecule has 1 saturated carbocycles. The Kier molecular flexibility index (Phi) is 6.80. The van der Waals surface area contributed by atoms with Gasteiger partial charge in [-0.05, 0) is 43.4 Å². The number of rotatable bonds is 7. The summed E-state index contributed by atoms with van der Waals surface area (Å²) in [6.45, 7) is 4.74. The number of benzene rings is 1. The molecule has 0 aliphatic heterocycles. The van der Waals surface area contributed by atoms with Gasteiger partial charge in [0.05, 0.1) is 0 Å². The van der Waals surface area contributed by atoms with Gasteiger partial charge in [0.1, 0.15) is 0 Å². The van der Waals surface area contributed by atoms with E-state index in [4.69, 9.17) is 0 Å². The van der Waals surface area contributed by atoms with Gasteiger partial charge in [0, 0.05) is 17.2 Å². The highest BCUT2D eigenvalue weighted by Gasteiger charge is 2.17. The predicted octanol–water partition coefficient (Wildman–Crippen LogP) is 4.58. The average Bonchev–Trinajstić information content (AvgIpc) is 2.44. The molecule has 1 aromatic carbocycles. The fourth-order valence-corrected chi connectivity index (χ4v) is 3.84. The lowest BCUT2D eigenvalue weighted by Gasteiger charge is -2.26. The molecule has 19 heavy (non-hydrogen) atoms. The van der Waals surface area contributed by atoms with Crippen LogP contribution in [0.15, 0.2) is 35.2 Å². The first-order valence-electron chi connectivity index (χ1n) is 7.73. The van der Waals surface area contributed by atoms with Crippen LogP contribution in [0.25, 0.3) is 0 Å². The van der Waals surface area contributed by atoms with Crippen molar-refractivity contribution in [3.63, 3.8) is 0 Å². The van der Waals surface area contributed by atoms with Gasteiger partial charge in [-0.3, -0.25) is 0 Å². The predicted molar refractivity (Wildman–Crippen MR) is 85.8 cm³/mol. The van der Waals surface area contributed by atoms with E-state index in [1.54, 1.807) is 0 Å². The summed E-state index contributed by atoms with van der Waals surface area (Å²) in [6, 6.07) is 10.7. The molecule has 1 aliphatic carbocycles. The minimum Gasteiger partial charge on any atom is -0.316 e. The van der Waals surface area contributed by atoms with Gasteiger partial charge in [-0.25, -0.2) is 0 Å². The second kappa shape index (κ2) is 8.65. The Bertz CT molecular complexity index is 338. The summed E-state index contributed by atoms with van der Waals surface area (Å²) < 4.78 is 0. The quantitative estimate of drug-likeness (QED) is 0.578. The lowest BCUT2D eigenvalue weighted by atomic mass is 9.81. The summed E-state index contributed by atoms with van der Waals surface area (Å²) in [6.07, 6.45) is 7.21. The molecule has 2 unspecified atom stereocenters. The van der Waals surface area contributed by atoms with E-state index in [0.717, 1.165) is 18.4 Å². The summed E-state index contributed by atoms with van der Waals surface area (Å²) in [5, 5.41) is 3.60. The van der Waals surface area contributed by atoms with Crippen LogP contribution < -0.4 is 5.32 Å². The van der Waals surface area contributed by atoms with E-state index in [0.29, 0.717) is 0 Å². The molecule has 0 radical (unpaired) electrons. The van der Waals surface area contributed by atoms with Crippen molar-refractivity contribution in [2.24, 2.45) is 11.8 Å². The van der Waals surface area contributed by atoms with Crippen LogP contribution in [0.4, 0.5) is 0 Å². The van der Waals surface area contributed by atoms with Gasteiger partial charge in [-0.1, -0.05) is 44.4 Å². The molecule has 0 spiro atoms.